The number of fused-ring (bicyclic) bond motifs is 5. The Kier molecular flexibility index (Phi) is 6.08. The monoisotopic (exact) mass is 471 g/mol. The summed E-state index contributed by atoms with van der Waals surface area (Å²) in [5, 5.41) is 4.98. The maximum Gasteiger partial charge on any atom is 0.147 e. The zero-order valence-corrected chi connectivity index (χ0v) is 20.8. The van der Waals surface area contributed by atoms with E-state index in [0.717, 1.165) is 59.6 Å². The highest BCUT2D eigenvalue weighted by molar-refractivity contribution is 7.26. The van der Waals surface area contributed by atoms with Gasteiger partial charge in [0.1, 0.15) is 22.8 Å². The second-order valence-electron chi connectivity index (χ2n) is 9.90. The molecule has 2 aliphatic rings. The Morgan fingerprint density at radius 1 is 0.971 bits per heavy atom. The molecule has 0 saturated carbocycles. The molecule has 1 fully saturated rings. The third-order valence-corrected chi connectivity index (χ3v) is 8.53. The number of benzene rings is 1. The molecular weight excluding hydrogens is 438 g/mol. The quantitative estimate of drug-likeness (QED) is 0.346. The van der Waals surface area contributed by atoms with Crippen molar-refractivity contribution in [1.82, 2.24) is 15.0 Å². The molecule has 6 heteroatoms. The van der Waals surface area contributed by atoms with Crippen LogP contribution in [0.15, 0.2) is 36.7 Å². The summed E-state index contributed by atoms with van der Waals surface area (Å²) in [4.78, 5) is 18.4. The van der Waals surface area contributed by atoms with E-state index in [1.807, 2.05) is 0 Å². The highest BCUT2D eigenvalue weighted by Gasteiger charge is 2.26. The number of nitrogens with zero attached hydrogens (tertiary/aromatic N) is 4. The molecule has 1 N–H and O–H groups in total. The first-order valence-corrected chi connectivity index (χ1v) is 13.7. The summed E-state index contributed by atoms with van der Waals surface area (Å²) >= 11 is 1.77. The van der Waals surface area contributed by atoms with Crippen molar-refractivity contribution in [3.05, 3.63) is 53.3 Å². The summed E-state index contributed by atoms with van der Waals surface area (Å²) in [7, 11) is 0. The van der Waals surface area contributed by atoms with E-state index in [4.69, 9.17) is 9.97 Å². The summed E-state index contributed by atoms with van der Waals surface area (Å²) < 4.78 is 1.15. The van der Waals surface area contributed by atoms with Crippen molar-refractivity contribution in [2.75, 3.05) is 23.3 Å². The second-order valence-corrected chi connectivity index (χ2v) is 10.9. The van der Waals surface area contributed by atoms with E-state index in [1.54, 1.807) is 17.7 Å². The van der Waals surface area contributed by atoms with Crippen LogP contribution in [-0.2, 0) is 19.3 Å². The zero-order valence-electron chi connectivity index (χ0n) is 20.0. The first-order valence-electron chi connectivity index (χ1n) is 12.9. The number of hydrogen-bond donors (Lipinski definition) is 1. The minimum Gasteiger partial charge on any atom is -0.366 e. The molecule has 0 amide bonds. The van der Waals surface area contributed by atoms with Gasteiger partial charge < -0.3 is 10.2 Å². The van der Waals surface area contributed by atoms with Crippen LogP contribution in [0.4, 0.5) is 11.6 Å². The molecule has 3 aromatic heterocycles. The minimum absolute atomic E-state index is 0.328. The molecule has 1 atom stereocenters. The van der Waals surface area contributed by atoms with E-state index in [2.05, 4.69) is 52.5 Å². The van der Waals surface area contributed by atoms with Crippen molar-refractivity contribution in [2.24, 2.45) is 0 Å². The van der Waals surface area contributed by atoms with Crippen LogP contribution in [0.2, 0.25) is 0 Å². The molecule has 1 aliphatic heterocycles. The Morgan fingerprint density at radius 3 is 2.59 bits per heavy atom. The first-order chi connectivity index (χ1) is 16.8. The van der Waals surface area contributed by atoms with Gasteiger partial charge in [0.2, 0.25) is 0 Å². The SMILES string of the molecule is C[C@H](CCc1ccccc1)Nc1ncnc2c1sc1nc(N3CCCCC3)c3c(c12)CCCC3. The Balaban J connectivity index is 1.36. The smallest absolute Gasteiger partial charge is 0.147 e. The molecule has 0 unspecified atom stereocenters. The lowest BCUT2D eigenvalue weighted by atomic mass is 9.89. The van der Waals surface area contributed by atoms with Crippen molar-refractivity contribution in [2.45, 2.75) is 70.8 Å². The predicted molar refractivity (Wildman–Crippen MR) is 143 cm³/mol. The predicted octanol–water partition coefficient (Wildman–Crippen LogP) is 6.54. The fraction of sp³-hybridized carbons (Fsp3) is 0.464. The summed E-state index contributed by atoms with van der Waals surface area (Å²) in [5.74, 6) is 2.21. The number of nitrogens with one attached hydrogen (secondary N) is 1. The highest BCUT2D eigenvalue weighted by Crippen LogP contribution is 2.43. The van der Waals surface area contributed by atoms with Gasteiger partial charge in [0.05, 0.1) is 10.2 Å². The summed E-state index contributed by atoms with van der Waals surface area (Å²) in [6.07, 6.45) is 12.6. The van der Waals surface area contributed by atoms with Crippen LogP contribution in [0.25, 0.3) is 20.4 Å². The number of hydrogen-bond acceptors (Lipinski definition) is 6. The number of rotatable bonds is 6. The van der Waals surface area contributed by atoms with Crippen molar-refractivity contribution in [3.63, 3.8) is 0 Å². The van der Waals surface area contributed by atoms with Crippen molar-refractivity contribution < 1.29 is 0 Å². The van der Waals surface area contributed by atoms with E-state index in [-0.39, 0.29) is 0 Å². The van der Waals surface area contributed by atoms with Crippen LogP contribution in [0, 0.1) is 0 Å². The maximum absolute atomic E-state index is 5.29. The van der Waals surface area contributed by atoms with Crippen LogP contribution in [0.3, 0.4) is 0 Å². The van der Waals surface area contributed by atoms with E-state index in [9.17, 15) is 0 Å². The third kappa shape index (κ3) is 4.13. The minimum atomic E-state index is 0.328. The molecule has 6 rings (SSSR count). The summed E-state index contributed by atoms with van der Waals surface area (Å²) in [6, 6.07) is 11.0. The number of aryl methyl sites for hydroxylation is 2. The Labute approximate surface area is 205 Å². The van der Waals surface area contributed by atoms with Gasteiger partial charge in [-0.1, -0.05) is 30.3 Å². The average Bonchev–Trinajstić information content (AvgIpc) is 3.28. The molecule has 34 heavy (non-hydrogen) atoms. The van der Waals surface area contributed by atoms with E-state index in [0.29, 0.717) is 6.04 Å². The molecule has 176 valence electrons. The molecule has 4 aromatic rings. The van der Waals surface area contributed by atoms with Gasteiger partial charge in [-0.3, -0.25) is 0 Å². The Morgan fingerprint density at radius 2 is 1.76 bits per heavy atom. The molecule has 0 bridgehead atoms. The Hall–Kier alpha value is -2.73. The van der Waals surface area contributed by atoms with Gasteiger partial charge in [0, 0.05) is 24.5 Å². The molecule has 4 heterocycles. The largest absolute Gasteiger partial charge is 0.366 e. The molecule has 1 aromatic carbocycles. The van der Waals surface area contributed by atoms with Crippen molar-refractivity contribution >= 4 is 43.4 Å². The molecule has 0 radical (unpaired) electrons. The van der Waals surface area contributed by atoms with Crippen LogP contribution in [0.5, 0.6) is 0 Å². The molecule has 5 nitrogen and oxygen atoms in total. The van der Waals surface area contributed by atoms with Gasteiger partial charge in [-0.25, -0.2) is 15.0 Å². The number of piperidine rings is 1. The van der Waals surface area contributed by atoms with E-state index < -0.39 is 0 Å². The standard InChI is InChI=1S/C28H33N5S/c1-19(14-15-20-10-4-2-5-11-20)31-26-25-24(29-18-30-26)23-21-12-6-7-13-22(21)27(32-28(23)34-25)33-16-8-3-9-17-33/h2,4-5,10-11,18-19H,3,6-9,12-17H2,1H3,(H,29,30,31)/t19-/m1/s1. The van der Waals surface area contributed by atoms with Crippen LogP contribution >= 0.6 is 11.3 Å². The van der Waals surface area contributed by atoms with Crippen LogP contribution < -0.4 is 10.2 Å². The van der Waals surface area contributed by atoms with Crippen LogP contribution in [-0.4, -0.2) is 34.1 Å². The number of pyridine rings is 1. The van der Waals surface area contributed by atoms with Crippen LogP contribution in [0.1, 0.15) is 62.1 Å². The number of thiophene rings is 1. The lowest BCUT2D eigenvalue weighted by molar-refractivity contribution is 0.569. The molecule has 1 saturated heterocycles. The van der Waals surface area contributed by atoms with Gasteiger partial charge in [-0.2, -0.15) is 0 Å². The van der Waals surface area contributed by atoms with E-state index in [1.165, 1.54) is 60.0 Å². The third-order valence-electron chi connectivity index (χ3n) is 7.45. The molecular formula is C28H33N5S. The maximum atomic E-state index is 5.29. The molecule has 0 spiro atoms. The fourth-order valence-electron chi connectivity index (χ4n) is 5.64. The zero-order chi connectivity index (χ0) is 22.9. The topological polar surface area (TPSA) is 53.9 Å². The number of aromatic nitrogens is 3. The van der Waals surface area contributed by atoms with Crippen molar-refractivity contribution in [3.8, 4) is 0 Å². The first kappa shape index (κ1) is 21.8. The summed E-state index contributed by atoms with van der Waals surface area (Å²) in [6.45, 7) is 4.53. The van der Waals surface area contributed by atoms with Gasteiger partial charge >= 0.3 is 0 Å². The normalized spacial score (nSPS) is 17.1. The van der Waals surface area contributed by atoms with Gasteiger partial charge in [-0.15, -0.1) is 11.3 Å². The number of anilines is 2. The van der Waals surface area contributed by atoms with Gasteiger partial charge in [-0.05, 0) is 81.4 Å². The van der Waals surface area contributed by atoms with Crippen molar-refractivity contribution in [1.29, 1.82) is 0 Å². The van der Waals surface area contributed by atoms with Gasteiger partial charge in [0.15, 0.2) is 0 Å². The molecule has 1 aliphatic carbocycles. The van der Waals surface area contributed by atoms with Gasteiger partial charge in [0.25, 0.3) is 0 Å². The van der Waals surface area contributed by atoms with E-state index >= 15 is 0 Å². The summed E-state index contributed by atoms with van der Waals surface area (Å²) in [5.41, 5.74) is 5.46. The average molecular weight is 472 g/mol. The highest BCUT2D eigenvalue weighted by atomic mass is 32.1. The Bertz CT molecular complexity index is 1290. The fourth-order valence-corrected chi connectivity index (χ4v) is 6.75. The lowest BCUT2D eigenvalue weighted by Crippen LogP contribution is -2.31. The second kappa shape index (κ2) is 9.49. The lowest BCUT2D eigenvalue weighted by Gasteiger charge is -2.31.